The lowest BCUT2D eigenvalue weighted by molar-refractivity contribution is -0.137. The number of hydrogen-bond acceptors (Lipinski definition) is 6. The van der Waals surface area contributed by atoms with Crippen molar-refractivity contribution in [2.75, 3.05) is 30.9 Å². The lowest BCUT2D eigenvalue weighted by Gasteiger charge is -2.44. The van der Waals surface area contributed by atoms with Crippen molar-refractivity contribution in [3.63, 3.8) is 0 Å². The van der Waals surface area contributed by atoms with Crippen LogP contribution in [0.3, 0.4) is 0 Å². The van der Waals surface area contributed by atoms with Gasteiger partial charge in [-0.3, -0.25) is 9.36 Å². The quantitative estimate of drug-likeness (QED) is 0.208. The average molecular weight is 629 g/mol. The van der Waals surface area contributed by atoms with Crippen LogP contribution in [0.25, 0.3) is 22.0 Å². The first-order chi connectivity index (χ1) is 19.8. The van der Waals surface area contributed by atoms with E-state index in [1.54, 1.807) is 23.6 Å². The molecular weight excluding hydrogens is 603 g/mol. The van der Waals surface area contributed by atoms with Crippen LogP contribution >= 0.6 is 23.4 Å². The number of thioether (sulfide) groups is 1. The summed E-state index contributed by atoms with van der Waals surface area (Å²) in [6.07, 6.45) is -4.36. The Labute approximate surface area is 246 Å². The molecule has 2 aromatic carbocycles. The Morgan fingerprint density at radius 3 is 2.40 bits per heavy atom. The van der Waals surface area contributed by atoms with E-state index in [9.17, 15) is 27.2 Å². The topological polar surface area (TPSA) is 67.7 Å². The maximum atomic E-state index is 15.2. The SMILES string of the molecule is C=CC(=O)N1[C@H](C)CN(c2nc(=O)n3c4c(c(-c5cc(Cl)c(F)cc5F)c(C(F)(F)F)cc24)SC[C@H](OC)C3)C[C@@H]1C. The molecule has 2 aliphatic rings. The number of hydrogen-bond donors (Lipinski definition) is 0. The van der Waals surface area contributed by atoms with Gasteiger partial charge in [0.05, 0.1) is 28.8 Å². The molecule has 0 N–H and O–H groups in total. The van der Waals surface area contributed by atoms with Crippen LogP contribution in [0, 0.1) is 11.6 Å². The van der Waals surface area contributed by atoms with Crippen molar-refractivity contribution in [2.24, 2.45) is 0 Å². The number of carbonyl (C=O) groups excluding carboxylic acids is 1. The number of piperazine rings is 1. The van der Waals surface area contributed by atoms with Gasteiger partial charge >= 0.3 is 11.9 Å². The Bertz CT molecular complexity index is 1650. The summed E-state index contributed by atoms with van der Waals surface area (Å²) < 4.78 is 80.3. The number of ether oxygens (including phenoxy) is 1. The van der Waals surface area contributed by atoms with E-state index in [4.69, 9.17) is 16.3 Å². The van der Waals surface area contributed by atoms with Gasteiger partial charge < -0.3 is 14.5 Å². The van der Waals surface area contributed by atoms with Crippen LogP contribution in [0.5, 0.6) is 0 Å². The third-order valence-corrected chi connectivity index (χ3v) is 9.08. The molecule has 3 heterocycles. The van der Waals surface area contributed by atoms with Gasteiger partial charge in [-0.05, 0) is 32.1 Å². The van der Waals surface area contributed by atoms with E-state index in [-0.39, 0.29) is 65.0 Å². The normalized spacial score (nSPS) is 21.0. The van der Waals surface area contributed by atoms with Crippen molar-refractivity contribution in [3.8, 4) is 11.1 Å². The molecular formula is C28H26ClF5N4O3S. The summed E-state index contributed by atoms with van der Waals surface area (Å²) in [5.41, 5.74) is -2.89. The summed E-state index contributed by atoms with van der Waals surface area (Å²) in [6, 6.07) is 1.36. The second-order valence-corrected chi connectivity index (χ2v) is 11.8. The predicted molar refractivity (Wildman–Crippen MR) is 151 cm³/mol. The van der Waals surface area contributed by atoms with Crippen molar-refractivity contribution in [2.45, 2.75) is 49.7 Å². The van der Waals surface area contributed by atoms with E-state index in [1.807, 2.05) is 0 Å². The molecule has 42 heavy (non-hydrogen) atoms. The van der Waals surface area contributed by atoms with E-state index < -0.39 is 51.3 Å². The fraction of sp³-hybridized carbons (Fsp3) is 0.393. The molecule has 1 amide bonds. The standard InChI is InChI=1S/C28H26ClF5N4O3S/c1-5-22(39)38-13(2)9-36(10-14(38)3)26-17-6-18(28(32,33)34)23(16-7-19(29)21(31)8-20(16)30)25-24(17)37(27(40)35-26)11-15(41-4)12-42-25/h5-8,13-15H,1,9-12H2,2-4H3/t13-,14+,15-/m1/s1. The highest BCUT2D eigenvalue weighted by Gasteiger charge is 2.40. The largest absolute Gasteiger partial charge is 0.417 e. The molecule has 0 spiro atoms. The number of anilines is 1. The van der Waals surface area contributed by atoms with Crippen LogP contribution in [-0.4, -0.2) is 64.5 Å². The monoisotopic (exact) mass is 628 g/mol. The predicted octanol–water partition coefficient (Wildman–Crippen LogP) is 5.75. The van der Waals surface area contributed by atoms with Crippen LogP contribution in [-0.2, 0) is 22.3 Å². The minimum Gasteiger partial charge on any atom is -0.379 e. The lowest BCUT2D eigenvalue weighted by atomic mass is 9.95. The van der Waals surface area contributed by atoms with Crippen LogP contribution in [0.1, 0.15) is 19.4 Å². The zero-order chi connectivity index (χ0) is 30.7. The van der Waals surface area contributed by atoms with Gasteiger partial charge in [-0.25, -0.2) is 13.6 Å². The van der Waals surface area contributed by atoms with Crippen molar-refractivity contribution >= 4 is 46.0 Å². The molecule has 0 radical (unpaired) electrons. The molecule has 0 saturated carbocycles. The molecule has 0 bridgehead atoms. The summed E-state index contributed by atoms with van der Waals surface area (Å²) in [4.78, 5) is 33.5. The number of aromatic nitrogens is 2. The van der Waals surface area contributed by atoms with E-state index in [0.717, 1.165) is 23.9 Å². The molecule has 5 rings (SSSR count). The fourth-order valence-electron chi connectivity index (χ4n) is 5.76. The number of rotatable bonds is 4. The molecule has 14 heteroatoms. The summed E-state index contributed by atoms with van der Waals surface area (Å²) >= 11 is 6.89. The van der Waals surface area contributed by atoms with Gasteiger partial charge in [-0.15, -0.1) is 11.8 Å². The highest BCUT2D eigenvalue weighted by Crippen LogP contribution is 2.49. The fourth-order valence-corrected chi connectivity index (χ4v) is 7.24. The molecule has 2 aliphatic heterocycles. The highest BCUT2D eigenvalue weighted by molar-refractivity contribution is 7.99. The first kappa shape index (κ1) is 30.3. The van der Waals surface area contributed by atoms with Gasteiger partial charge in [-0.2, -0.15) is 18.2 Å². The summed E-state index contributed by atoms with van der Waals surface area (Å²) in [5.74, 6) is -2.49. The second kappa shape index (κ2) is 11.2. The van der Waals surface area contributed by atoms with Crippen LogP contribution in [0.4, 0.5) is 27.8 Å². The van der Waals surface area contributed by atoms with Crippen LogP contribution < -0.4 is 10.6 Å². The molecule has 1 aromatic heterocycles. The third-order valence-electron chi connectivity index (χ3n) is 7.56. The summed E-state index contributed by atoms with van der Waals surface area (Å²) in [6.45, 7) is 7.47. The number of benzene rings is 2. The smallest absolute Gasteiger partial charge is 0.379 e. The molecule has 0 aliphatic carbocycles. The minimum absolute atomic E-state index is 0.00893. The Morgan fingerprint density at radius 2 is 1.81 bits per heavy atom. The molecule has 7 nitrogen and oxygen atoms in total. The first-order valence-electron chi connectivity index (χ1n) is 13.0. The van der Waals surface area contributed by atoms with Crippen LogP contribution in [0.2, 0.25) is 5.02 Å². The Balaban J connectivity index is 1.85. The summed E-state index contributed by atoms with van der Waals surface area (Å²) in [7, 11) is 1.42. The number of carbonyl (C=O) groups is 1. The Kier molecular flexibility index (Phi) is 8.05. The first-order valence-corrected chi connectivity index (χ1v) is 14.3. The maximum Gasteiger partial charge on any atom is 0.417 e. The van der Waals surface area contributed by atoms with Crippen molar-refractivity contribution < 1.29 is 31.5 Å². The number of alkyl halides is 3. The van der Waals surface area contributed by atoms with Crippen molar-refractivity contribution in [3.05, 3.63) is 63.6 Å². The van der Waals surface area contributed by atoms with Crippen LogP contribution in [0.15, 0.2) is 40.5 Å². The average Bonchev–Trinajstić information content (AvgIpc) is 3.12. The number of nitrogens with zero attached hydrogens (tertiary/aromatic N) is 4. The molecule has 0 unspecified atom stereocenters. The van der Waals surface area contributed by atoms with Gasteiger partial charge in [0.2, 0.25) is 5.91 Å². The Morgan fingerprint density at radius 1 is 1.14 bits per heavy atom. The zero-order valence-electron chi connectivity index (χ0n) is 22.8. The number of halogens is 6. The number of amides is 1. The number of methoxy groups -OCH3 is 1. The highest BCUT2D eigenvalue weighted by atomic mass is 35.5. The Hall–Kier alpha value is -3.16. The van der Waals surface area contributed by atoms with Gasteiger partial charge in [0.1, 0.15) is 17.5 Å². The van der Waals surface area contributed by atoms with E-state index >= 15 is 4.39 Å². The summed E-state index contributed by atoms with van der Waals surface area (Å²) in [5, 5.41) is -0.524. The van der Waals surface area contributed by atoms with Gasteiger partial charge in [-0.1, -0.05) is 18.2 Å². The van der Waals surface area contributed by atoms with E-state index in [1.165, 1.54) is 17.8 Å². The van der Waals surface area contributed by atoms with Crippen molar-refractivity contribution in [1.29, 1.82) is 0 Å². The third kappa shape index (κ3) is 5.15. The lowest BCUT2D eigenvalue weighted by Crippen LogP contribution is -2.58. The van der Waals surface area contributed by atoms with E-state index in [2.05, 4.69) is 11.6 Å². The molecule has 3 atom stereocenters. The molecule has 224 valence electrons. The molecule has 1 fully saturated rings. The zero-order valence-corrected chi connectivity index (χ0v) is 24.3. The maximum absolute atomic E-state index is 15.2. The molecule has 1 saturated heterocycles. The molecule has 3 aromatic rings. The van der Waals surface area contributed by atoms with Crippen molar-refractivity contribution in [1.82, 2.24) is 14.5 Å². The second-order valence-electron chi connectivity index (χ2n) is 10.3. The minimum atomic E-state index is -4.98. The van der Waals surface area contributed by atoms with Gasteiger partial charge in [0.15, 0.2) is 0 Å². The van der Waals surface area contributed by atoms with Gasteiger partial charge in [0, 0.05) is 65.5 Å². The van der Waals surface area contributed by atoms with Gasteiger partial charge in [0.25, 0.3) is 0 Å². The van der Waals surface area contributed by atoms with E-state index in [0.29, 0.717) is 6.07 Å².